The van der Waals surface area contributed by atoms with Gasteiger partial charge in [-0.25, -0.2) is 4.98 Å². The zero-order valence-electron chi connectivity index (χ0n) is 11.2. The largest absolute Gasteiger partial charge is 0.345 e. The fourth-order valence-corrected chi connectivity index (χ4v) is 2.11. The molecule has 1 aromatic rings. The number of nitrogens with one attached hydrogen (secondary N) is 1. The van der Waals surface area contributed by atoms with Crippen LogP contribution in [-0.2, 0) is 4.79 Å². The molecule has 1 unspecified atom stereocenters. The third-order valence-corrected chi connectivity index (χ3v) is 3.47. The molecule has 5 nitrogen and oxygen atoms in total. The van der Waals surface area contributed by atoms with Crippen molar-refractivity contribution in [3.05, 3.63) is 23.9 Å². The highest BCUT2D eigenvalue weighted by atomic mass is 16.2. The van der Waals surface area contributed by atoms with Gasteiger partial charge in [-0.2, -0.15) is 0 Å². The molecule has 0 bridgehead atoms. The van der Waals surface area contributed by atoms with E-state index in [4.69, 9.17) is 0 Å². The van der Waals surface area contributed by atoms with Gasteiger partial charge in [0.25, 0.3) is 0 Å². The smallest absolute Gasteiger partial charge is 0.241 e. The van der Waals surface area contributed by atoms with Gasteiger partial charge >= 0.3 is 0 Å². The maximum Gasteiger partial charge on any atom is 0.241 e. The molecule has 0 radical (unpaired) electrons. The minimum Gasteiger partial charge on any atom is -0.345 e. The van der Waals surface area contributed by atoms with Crippen LogP contribution in [-0.4, -0.2) is 49.5 Å². The minimum absolute atomic E-state index is 0.148. The van der Waals surface area contributed by atoms with Gasteiger partial charge in [-0.3, -0.25) is 4.79 Å². The summed E-state index contributed by atoms with van der Waals surface area (Å²) in [4.78, 5) is 20.0. The molecule has 0 aliphatic carbocycles. The first-order valence-corrected chi connectivity index (χ1v) is 6.24. The van der Waals surface area contributed by atoms with Crippen LogP contribution in [0.4, 0.5) is 5.82 Å². The van der Waals surface area contributed by atoms with Crippen molar-refractivity contribution in [1.82, 2.24) is 15.2 Å². The summed E-state index contributed by atoms with van der Waals surface area (Å²) in [6, 6.07) is 4.22. The van der Waals surface area contributed by atoms with Crippen LogP contribution in [0.5, 0.6) is 0 Å². The zero-order valence-corrected chi connectivity index (χ0v) is 11.2. The van der Waals surface area contributed by atoms with Crippen LogP contribution in [0, 0.1) is 0 Å². The summed E-state index contributed by atoms with van der Waals surface area (Å²) in [7, 11) is 3.77. The van der Waals surface area contributed by atoms with Crippen molar-refractivity contribution in [2.24, 2.45) is 0 Å². The van der Waals surface area contributed by atoms with Gasteiger partial charge in [0.15, 0.2) is 0 Å². The topological polar surface area (TPSA) is 48.5 Å². The molecule has 1 atom stereocenters. The molecule has 1 aliphatic heterocycles. The number of anilines is 1. The lowest BCUT2D eigenvalue weighted by atomic mass is 10.1. The van der Waals surface area contributed by atoms with E-state index in [1.54, 1.807) is 11.1 Å². The van der Waals surface area contributed by atoms with E-state index < -0.39 is 0 Å². The SMILES string of the molecule is CNC(C)c1cccnc1N1CCN(C)C(=O)C1. The van der Waals surface area contributed by atoms with E-state index in [0.717, 1.165) is 24.5 Å². The normalized spacial score (nSPS) is 18.1. The maximum absolute atomic E-state index is 11.8. The van der Waals surface area contributed by atoms with Crippen LogP contribution >= 0.6 is 0 Å². The highest BCUT2D eigenvalue weighted by molar-refractivity contribution is 5.82. The van der Waals surface area contributed by atoms with Crippen molar-refractivity contribution in [1.29, 1.82) is 0 Å². The van der Waals surface area contributed by atoms with E-state index >= 15 is 0 Å². The molecular weight excluding hydrogens is 228 g/mol. The number of hydrogen-bond donors (Lipinski definition) is 1. The molecule has 1 amide bonds. The number of carbonyl (C=O) groups is 1. The molecule has 1 fully saturated rings. The van der Waals surface area contributed by atoms with E-state index in [-0.39, 0.29) is 11.9 Å². The second kappa shape index (κ2) is 5.35. The lowest BCUT2D eigenvalue weighted by Gasteiger charge is -2.34. The first-order valence-electron chi connectivity index (χ1n) is 6.24. The third-order valence-electron chi connectivity index (χ3n) is 3.47. The number of amides is 1. The van der Waals surface area contributed by atoms with Crippen LogP contribution in [0.25, 0.3) is 0 Å². The van der Waals surface area contributed by atoms with Crippen molar-refractivity contribution in [2.45, 2.75) is 13.0 Å². The van der Waals surface area contributed by atoms with Gasteiger partial charge in [0.05, 0.1) is 6.54 Å². The molecule has 1 aromatic heterocycles. The molecule has 0 spiro atoms. The maximum atomic E-state index is 11.8. The van der Waals surface area contributed by atoms with E-state index in [1.807, 2.05) is 20.2 Å². The van der Waals surface area contributed by atoms with Crippen LogP contribution in [0.15, 0.2) is 18.3 Å². The van der Waals surface area contributed by atoms with Crippen molar-refractivity contribution >= 4 is 11.7 Å². The van der Waals surface area contributed by atoms with Crippen LogP contribution in [0.1, 0.15) is 18.5 Å². The number of rotatable bonds is 3. The van der Waals surface area contributed by atoms with Crippen molar-refractivity contribution in [3.8, 4) is 0 Å². The first-order chi connectivity index (χ1) is 8.63. The quantitative estimate of drug-likeness (QED) is 0.853. The van der Waals surface area contributed by atoms with E-state index in [0.29, 0.717) is 6.54 Å². The number of hydrogen-bond acceptors (Lipinski definition) is 4. The summed E-state index contributed by atoms with van der Waals surface area (Å²) in [5.41, 5.74) is 1.14. The Morgan fingerprint density at radius 3 is 2.89 bits per heavy atom. The van der Waals surface area contributed by atoms with Gasteiger partial charge in [-0.15, -0.1) is 0 Å². The Labute approximate surface area is 108 Å². The number of piperazine rings is 1. The number of aromatic nitrogens is 1. The molecule has 0 saturated carbocycles. The average molecular weight is 248 g/mol. The van der Waals surface area contributed by atoms with Crippen molar-refractivity contribution < 1.29 is 4.79 Å². The molecule has 5 heteroatoms. The van der Waals surface area contributed by atoms with Gasteiger partial charge in [0, 0.05) is 37.9 Å². The van der Waals surface area contributed by atoms with Crippen LogP contribution in [0.3, 0.4) is 0 Å². The van der Waals surface area contributed by atoms with E-state index in [1.165, 1.54) is 0 Å². The number of carbonyl (C=O) groups excluding carboxylic acids is 1. The lowest BCUT2D eigenvalue weighted by molar-refractivity contribution is -0.129. The van der Waals surface area contributed by atoms with Gasteiger partial charge in [0.1, 0.15) is 5.82 Å². The Balaban J connectivity index is 2.25. The molecular formula is C13H20N4O. The summed E-state index contributed by atoms with van der Waals surface area (Å²) in [6.07, 6.45) is 1.78. The van der Waals surface area contributed by atoms with Crippen molar-refractivity contribution in [3.63, 3.8) is 0 Å². The third kappa shape index (κ3) is 2.46. The van der Waals surface area contributed by atoms with E-state index in [9.17, 15) is 4.79 Å². The average Bonchev–Trinajstić information content (AvgIpc) is 2.41. The zero-order chi connectivity index (χ0) is 13.1. The monoisotopic (exact) mass is 248 g/mol. The molecule has 1 N–H and O–H groups in total. The molecule has 1 aliphatic rings. The number of pyridine rings is 1. The second-order valence-corrected chi connectivity index (χ2v) is 4.66. The van der Waals surface area contributed by atoms with Gasteiger partial charge in [0.2, 0.25) is 5.91 Å². The van der Waals surface area contributed by atoms with Crippen molar-refractivity contribution in [2.75, 3.05) is 38.6 Å². The van der Waals surface area contributed by atoms with Gasteiger partial charge in [-0.05, 0) is 20.0 Å². The first kappa shape index (κ1) is 12.8. The predicted molar refractivity (Wildman–Crippen MR) is 71.6 cm³/mol. The summed E-state index contributed by atoms with van der Waals surface area (Å²) >= 11 is 0. The number of nitrogens with zero attached hydrogens (tertiary/aromatic N) is 3. The standard InChI is InChI=1S/C13H20N4O/c1-10(14-2)11-5-4-6-15-13(11)17-8-7-16(3)12(18)9-17/h4-6,10,14H,7-9H2,1-3H3. The Hall–Kier alpha value is -1.62. The Morgan fingerprint density at radius 2 is 2.22 bits per heavy atom. The summed E-state index contributed by atoms with van der Waals surface area (Å²) in [5.74, 6) is 1.07. The molecule has 2 rings (SSSR count). The number of likely N-dealkylation sites (N-methyl/N-ethyl adjacent to an activating group) is 1. The molecule has 0 aromatic carbocycles. The fourth-order valence-electron chi connectivity index (χ4n) is 2.11. The summed E-state index contributed by atoms with van der Waals surface area (Å²) in [5, 5.41) is 3.22. The van der Waals surface area contributed by atoms with Crippen LogP contribution < -0.4 is 10.2 Å². The predicted octanol–water partition coefficient (Wildman–Crippen LogP) is 0.640. The molecule has 2 heterocycles. The Bertz CT molecular complexity index is 435. The highest BCUT2D eigenvalue weighted by Crippen LogP contribution is 2.24. The molecule has 18 heavy (non-hydrogen) atoms. The van der Waals surface area contributed by atoms with Crippen LogP contribution in [0.2, 0.25) is 0 Å². The summed E-state index contributed by atoms with van der Waals surface area (Å²) in [6.45, 7) is 4.10. The fraction of sp³-hybridized carbons (Fsp3) is 0.538. The highest BCUT2D eigenvalue weighted by Gasteiger charge is 2.24. The van der Waals surface area contributed by atoms with Gasteiger partial charge < -0.3 is 15.1 Å². The van der Waals surface area contributed by atoms with Gasteiger partial charge in [-0.1, -0.05) is 6.07 Å². The summed E-state index contributed by atoms with van der Waals surface area (Å²) < 4.78 is 0. The lowest BCUT2D eigenvalue weighted by Crippen LogP contribution is -2.49. The second-order valence-electron chi connectivity index (χ2n) is 4.66. The Kier molecular flexibility index (Phi) is 3.81. The minimum atomic E-state index is 0.148. The van der Waals surface area contributed by atoms with E-state index in [2.05, 4.69) is 28.2 Å². The molecule has 1 saturated heterocycles. The Morgan fingerprint density at radius 1 is 1.44 bits per heavy atom. The molecule has 98 valence electrons.